The molecule has 0 aromatic rings. The van der Waals surface area contributed by atoms with Crippen LogP contribution in [-0.2, 0) is 9.53 Å². The van der Waals surface area contributed by atoms with E-state index in [4.69, 9.17) is 10.5 Å². The number of hydrogen-bond donors (Lipinski definition) is 1. The number of nitrogens with two attached hydrogens (primary N) is 1. The highest BCUT2D eigenvalue weighted by molar-refractivity contribution is 5.85. The fourth-order valence-electron chi connectivity index (χ4n) is 2.12. The number of hydrogen-bond acceptors (Lipinski definition) is 3. The number of nitrogens with zero attached hydrogens (tertiary/aromatic N) is 1. The zero-order chi connectivity index (χ0) is 12.2. The van der Waals surface area contributed by atoms with Gasteiger partial charge in [0.2, 0.25) is 0 Å². The van der Waals surface area contributed by atoms with Crippen LogP contribution in [-0.4, -0.2) is 43.7 Å². The predicted molar refractivity (Wildman–Crippen MR) is 71.3 cm³/mol. The summed E-state index contributed by atoms with van der Waals surface area (Å²) in [5.41, 5.74) is 5.90. The van der Waals surface area contributed by atoms with Crippen LogP contribution >= 0.6 is 12.4 Å². The molecule has 1 amide bonds. The number of methoxy groups -OCH3 is 1. The molecule has 1 unspecified atom stereocenters. The number of piperidine rings is 1. The van der Waals surface area contributed by atoms with Crippen LogP contribution in [0.5, 0.6) is 0 Å². The lowest BCUT2D eigenvalue weighted by Gasteiger charge is -2.39. The van der Waals surface area contributed by atoms with Crippen LogP contribution in [0.4, 0.5) is 0 Å². The van der Waals surface area contributed by atoms with Crippen molar-refractivity contribution in [2.24, 2.45) is 11.1 Å². The Bertz CT molecular complexity index is 237. The van der Waals surface area contributed by atoms with E-state index in [9.17, 15) is 4.79 Å². The Balaban J connectivity index is 0.00000256. The number of rotatable bonds is 4. The van der Waals surface area contributed by atoms with E-state index in [0.717, 1.165) is 25.9 Å². The molecule has 0 radical (unpaired) electrons. The summed E-state index contributed by atoms with van der Waals surface area (Å²) in [6, 6.07) is 0. The van der Waals surface area contributed by atoms with Crippen LogP contribution in [0, 0.1) is 5.41 Å². The number of likely N-dealkylation sites (tertiary alicyclic amines) is 1. The van der Waals surface area contributed by atoms with Gasteiger partial charge in [0.15, 0.2) is 0 Å². The first-order valence-corrected chi connectivity index (χ1v) is 6.08. The molecule has 0 aliphatic carbocycles. The van der Waals surface area contributed by atoms with Gasteiger partial charge in [-0.05, 0) is 18.3 Å². The van der Waals surface area contributed by atoms with Crippen molar-refractivity contribution in [2.45, 2.75) is 39.2 Å². The van der Waals surface area contributed by atoms with Crippen molar-refractivity contribution >= 4 is 18.3 Å². The van der Waals surface area contributed by atoms with Crippen molar-refractivity contribution in [2.75, 3.05) is 26.7 Å². The van der Waals surface area contributed by atoms with Crippen LogP contribution in [0.1, 0.15) is 33.1 Å². The minimum Gasteiger partial charge on any atom is -0.370 e. The predicted octanol–water partition coefficient (Wildman–Crippen LogP) is 1.42. The van der Waals surface area contributed by atoms with E-state index in [0.29, 0.717) is 5.41 Å². The first kappa shape index (κ1) is 16.7. The number of amides is 1. The van der Waals surface area contributed by atoms with Crippen molar-refractivity contribution in [3.05, 3.63) is 0 Å². The molecule has 1 aliphatic heterocycles. The molecule has 1 rings (SSSR count). The van der Waals surface area contributed by atoms with Gasteiger partial charge in [-0.25, -0.2) is 0 Å². The van der Waals surface area contributed by atoms with E-state index in [1.54, 1.807) is 0 Å². The molecule has 1 fully saturated rings. The van der Waals surface area contributed by atoms with Gasteiger partial charge in [0.25, 0.3) is 5.91 Å². The Morgan fingerprint density at radius 3 is 2.35 bits per heavy atom. The second kappa shape index (κ2) is 7.19. The van der Waals surface area contributed by atoms with E-state index in [1.165, 1.54) is 13.5 Å². The van der Waals surface area contributed by atoms with Gasteiger partial charge in [-0.1, -0.05) is 20.3 Å². The maximum atomic E-state index is 12.0. The first-order valence-electron chi connectivity index (χ1n) is 6.08. The van der Waals surface area contributed by atoms with Crippen molar-refractivity contribution < 1.29 is 9.53 Å². The maximum absolute atomic E-state index is 12.0. The average Bonchev–Trinajstić information content (AvgIpc) is 2.31. The monoisotopic (exact) mass is 264 g/mol. The van der Waals surface area contributed by atoms with Gasteiger partial charge in [0.1, 0.15) is 6.10 Å². The number of halogens is 1. The number of carbonyl (C=O) groups is 1. The van der Waals surface area contributed by atoms with Gasteiger partial charge in [0.05, 0.1) is 0 Å². The SMILES string of the molecule is CCC1(C)CCN(C(=O)C(CN)OC)CC1.Cl. The van der Waals surface area contributed by atoms with Gasteiger partial charge >= 0.3 is 0 Å². The van der Waals surface area contributed by atoms with Crippen LogP contribution in [0.15, 0.2) is 0 Å². The summed E-state index contributed by atoms with van der Waals surface area (Å²) < 4.78 is 5.08. The smallest absolute Gasteiger partial charge is 0.253 e. The molecular formula is C12H25ClN2O2. The Morgan fingerprint density at radius 2 is 2.00 bits per heavy atom. The van der Waals surface area contributed by atoms with Crippen molar-refractivity contribution in [3.63, 3.8) is 0 Å². The van der Waals surface area contributed by atoms with E-state index < -0.39 is 6.10 Å². The molecule has 1 heterocycles. The largest absolute Gasteiger partial charge is 0.370 e. The van der Waals surface area contributed by atoms with Crippen molar-refractivity contribution in [1.29, 1.82) is 0 Å². The molecule has 1 saturated heterocycles. The molecule has 2 N–H and O–H groups in total. The van der Waals surface area contributed by atoms with Crippen LogP contribution in [0.25, 0.3) is 0 Å². The third kappa shape index (κ3) is 4.12. The first-order chi connectivity index (χ1) is 7.56. The minimum absolute atomic E-state index is 0. The van der Waals surface area contributed by atoms with E-state index in [2.05, 4.69) is 13.8 Å². The molecule has 5 heteroatoms. The zero-order valence-corrected chi connectivity index (χ0v) is 11.9. The molecule has 0 bridgehead atoms. The van der Waals surface area contributed by atoms with E-state index in [-0.39, 0.29) is 24.9 Å². The summed E-state index contributed by atoms with van der Waals surface area (Å²) in [6.45, 7) is 6.45. The second-order valence-electron chi connectivity index (χ2n) is 4.95. The van der Waals surface area contributed by atoms with Crippen LogP contribution in [0.3, 0.4) is 0 Å². The normalized spacial score (nSPS) is 20.6. The molecule has 17 heavy (non-hydrogen) atoms. The van der Waals surface area contributed by atoms with E-state index in [1.807, 2.05) is 4.90 Å². The minimum atomic E-state index is -0.467. The molecule has 4 nitrogen and oxygen atoms in total. The highest BCUT2D eigenvalue weighted by Crippen LogP contribution is 2.34. The lowest BCUT2D eigenvalue weighted by Crippen LogP contribution is -2.48. The molecule has 0 spiro atoms. The molecule has 102 valence electrons. The van der Waals surface area contributed by atoms with Gasteiger partial charge in [-0.2, -0.15) is 0 Å². The maximum Gasteiger partial charge on any atom is 0.253 e. The molecule has 0 aromatic heterocycles. The van der Waals surface area contributed by atoms with Crippen LogP contribution < -0.4 is 5.73 Å². The molecule has 0 saturated carbocycles. The number of carbonyl (C=O) groups excluding carboxylic acids is 1. The van der Waals surface area contributed by atoms with Gasteiger partial charge in [-0.3, -0.25) is 4.79 Å². The summed E-state index contributed by atoms with van der Waals surface area (Å²) in [6.07, 6.45) is 2.87. The molecule has 0 aromatic carbocycles. The summed E-state index contributed by atoms with van der Waals surface area (Å²) in [5.74, 6) is 0.0446. The lowest BCUT2D eigenvalue weighted by atomic mass is 9.78. The lowest BCUT2D eigenvalue weighted by molar-refractivity contribution is -0.143. The van der Waals surface area contributed by atoms with Gasteiger partial charge < -0.3 is 15.4 Å². The Kier molecular flexibility index (Phi) is 7.05. The highest BCUT2D eigenvalue weighted by Gasteiger charge is 2.32. The fourth-order valence-corrected chi connectivity index (χ4v) is 2.12. The summed E-state index contributed by atoms with van der Waals surface area (Å²) in [5, 5.41) is 0. The van der Waals surface area contributed by atoms with Gasteiger partial charge in [0, 0.05) is 26.7 Å². The van der Waals surface area contributed by atoms with Crippen molar-refractivity contribution in [1.82, 2.24) is 4.90 Å². The van der Waals surface area contributed by atoms with Crippen LogP contribution in [0.2, 0.25) is 0 Å². The third-order valence-corrected chi connectivity index (χ3v) is 3.91. The third-order valence-electron chi connectivity index (χ3n) is 3.91. The fraction of sp³-hybridized carbons (Fsp3) is 0.917. The second-order valence-corrected chi connectivity index (χ2v) is 4.95. The number of ether oxygens (including phenoxy) is 1. The summed E-state index contributed by atoms with van der Waals surface area (Å²) in [4.78, 5) is 13.9. The molecule has 1 atom stereocenters. The van der Waals surface area contributed by atoms with E-state index >= 15 is 0 Å². The Hall–Kier alpha value is -0.320. The standard InChI is InChI=1S/C12H24N2O2.ClH/c1-4-12(2)5-7-14(8-6-12)11(15)10(9-13)16-3;/h10H,4-9,13H2,1-3H3;1H. The molecular weight excluding hydrogens is 240 g/mol. The highest BCUT2D eigenvalue weighted by atomic mass is 35.5. The topological polar surface area (TPSA) is 55.6 Å². The Labute approximate surface area is 110 Å². The molecule has 1 aliphatic rings. The van der Waals surface area contributed by atoms with Gasteiger partial charge in [-0.15, -0.1) is 12.4 Å². The van der Waals surface area contributed by atoms with Crippen molar-refractivity contribution in [3.8, 4) is 0 Å². The quantitative estimate of drug-likeness (QED) is 0.836. The Morgan fingerprint density at radius 1 is 1.47 bits per heavy atom. The average molecular weight is 265 g/mol. The zero-order valence-electron chi connectivity index (χ0n) is 11.1. The summed E-state index contributed by atoms with van der Waals surface area (Å²) >= 11 is 0. The summed E-state index contributed by atoms with van der Waals surface area (Å²) in [7, 11) is 1.54.